The molecule has 0 aliphatic heterocycles. The van der Waals surface area contributed by atoms with Gasteiger partial charge in [-0.1, -0.05) is 5.21 Å². The van der Waals surface area contributed by atoms with Crippen LogP contribution < -0.4 is 11.1 Å². The van der Waals surface area contributed by atoms with Crippen LogP contribution in [-0.4, -0.2) is 33.0 Å². The van der Waals surface area contributed by atoms with Gasteiger partial charge < -0.3 is 11.1 Å². The van der Waals surface area contributed by atoms with E-state index in [1.54, 1.807) is 10.9 Å². The fraction of sp³-hybridized carbons (Fsp3) is 0.833. The minimum absolute atomic E-state index is 0.0394. The van der Waals surface area contributed by atoms with Gasteiger partial charge in [-0.05, 0) is 74.5 Å². The zero-order chi connectivity index (χ0) is 16.4. The first kappa shape index (κ1) is 14.9. The van der Waals surface area contributed by atoms with Gasteiger partial charge >= 0.3 is 0 Å². The monoisotopic (exact) mass is 329 g/mol. The van der Waals surface area contributed by atoms with E-state index in [1.165, 1.54) is 38.5 Å². The maximum absolute atomic E-state index is 12.8. The van der Waals surface area contributed by atoms with Gasteiger partial charge in [0.1, 0.15) is 0 Å². The van der Waals surface area contributed by atoms with Crippen LogP contribution in [0.2, 0.25) is 0 Å². The lowest BCUT2D eigenvalue weighted by atomic mass is 9.47. The van der Waals surface area contributed by atoms with Gasteiger partial charge in [-0.2, -0.15) is 0 Å². The molecule has 4 bridgehead atoms. The third kappa shape index (κ3) is 2.15. The molecule has 24 heavy (non-hydrogen) atoms. The summed E-state index contributed by atoms with van der Waals surface area (Å²) in [6, 6.07) is 0. The first-order valence-corrected chi connectivity index (χ1v) is 9.54. The highest BCUT2D eigenvalue weighted by atomic mass is 16.2. The summed E-state index contributed by atoms with van der Waals surface area (Å²) in [6.45, 7) is 1.10. The summed E-state index contributed by atoms with van der Waals surface area (Å²) >= 11 is 0. The van der Waals surface area contributed by atoms with Crippen molar-refractivity contribution in [3.8, 4) is 0 Å². The predicted octanol–water partition coefficient (Wildman–Crippen LogP) is 1.72. The highest BCUT2D eigenvalue weighted by Crippen LogP contribution is 2.68. The van der Waals surface area contributed by atoms with E-state index < -0.39 is 0 Å². The van der Waals surface area contributed by atoms with Crippen molar-refractivity contribution in [3.05, 3.63) is 11.9 Å². The molecule has 1 amide bonds. The standard InChI is InChI=1S/C18H27N5O/c19-3-4-23-11-15(21-22-23)16(24)20-18(1-2-18)17-8-12-5-13(9-17)7-14(6-12)10-17/h11-14H,1-10,19H2,(H,20,24). The van der Waals surface area contributed by atoms with E-state index in [9.17, 15) is 4.79 Å². The van der Waals surface area contributed by atoms with Gasteiger partial charge in [0.2, 0.25) is 0 Å². The second kappa shape index (κ2) is 5.04. The normalized spacial score (nSPS) is 38.3. The molecule has 0 spiro atoms. The molecule has 5 aliphatic carbocycles. The Balaban J connectivity index is 1.35. The summed E-state index contributed by atoms with van der Waals surface area (Å²) in [5.74, 6) is 2.69. The minimum atomic E-state index is -0.0495. The summed E-state index contributed by atoms with van der Waals surface area (Å²) in [6.07, 6.45) is 12.3. The van der Waals surface area contributed by atoms with Gasteiger partial charge in [-0.15, -0.1) is 5.10 Å². The van der Waals surface area contributed by atoms with E-state index >= 15 is 0 Å². The second-order valence-electron chi connectivity index (χ2n) is 8.89. The maximum atomic E-state index is 12.8. The van der Waals surface area contributed by atoms with Gasteiger partial charge in [-0.3, -0.25) is 9.48 Å². The molecule has 6 nitrogen and oxygen atoms in total. The average molecular weight is 329 g/mol. The lowest BCUT2D eigenvalue weighted by molar-refractivity contribution is -0.0792. The number of hydrogen-bond acceptors (Lipinski definition) is 4. The Bertz CT molecular complexity index is 627. The van der Waals surface area contributed by atoms with Crippen LogP contribution in [0.3, 0.4) is 0 Å². The van der Waals surface area contributed by atoms with Crippen LogP contribution in [0.25, 0.3) is 0 Å². The molecule has 5 aliphatic rings. The van der Waals surface area contributed by atoms with Crippen molar-refractivity contribution in [1.82, 2.24) is 20.3 Å². The van der Waals surface area contributed by atoms with Crippen molar-refractivity contribution in [2.24, 2.45) is 28.9 Å². The Labute approximate surface area is 142 Å². The Hall–Kier alpha value is -1.43. The number of aromatic nitrogens is 3. The average Bonchev–Trinajstić information content (AvgIpc) is 3.17. The largest absolute Gasteiger partial charge is 0.345 e. The Kier molecular flexibility index (Phi) is 3.12. The smallest absolute Gasteiger partial charge is 0.273 e. The Morgan fingerprint density at radius 1 is 1.21 bits per heavy atom. The highest BCUT2D eigenvalue weighted by molar-refractivity contribution is 5.92. The number of hydrogen-bond donors (Lipinski definition) is 2. The van der Waals surface area contributed by atoms with Crippen molar-refractivity contribution in [3.63, 3.8) is 0 Å². The van der Waals surface area contributed by atoms with E-state index in [0.29, 0.717) is 24.2 Å². The number of nitrogens with one attached hydrogen (secondary N) is 1. The molecule has 5 saturated carbocycles. The first-order chi connectivity index (χ1) is 11.6. The minimum Gasteiger partial charge on any atom is -0.345 e. The number of rotatable bonds is 5. The topological polar surface area (TPSA) is 85.8 Å². The molecule has 1 aromatic heterocycles. The van der Waals surface area contributed by atoms with E-state index in [1.807, 2.05) is 0 Å². The SMILES string of the molecule is NCCn1cc(C(=O)NC2(C34CC5CC(CC(C5)C3)C4)CC2)nn1. The molecule has 0 atom stereocenters. The molecule has 5 fully saturated rings. The van der Waals surface area contributed by atoms with Crippen LogP contribution in [0.15, 0.2) is 6.20 Å². The van der Waals surface area contributed by atoms with Crippen LogP contribution in [0.5, 0.6) is 0 Å². The van der Waals surface area contributed by atoms with E-state index in [2.05, 4.69) is 15.6 Å². The number of carbonyl (C=O) groups excluding carboxylic acids is 1. The zero-order valence-electron chi connectivity index (χ0n) is 14.2. The van der Waals surface area contributed by atoms with Crippen molar-refractivity contribution >= 4 is 5.91 Å². The summed E-state index contributed by atoms with van der Waals surface area (Å²) in [5.41, 5.74) is 6.37. The Morgan fingerprint density at radius 3 is 2.38 bits per heavy atom. The van der Waals surface area contributed by atoms with E-state index in [0.717, 1.165) is 30.6 Å². The van der Waals surface area contributed by atoms with E-state index in [-0.39, 0.29) is 11.4 Å². The predicted molar refractivity (Wildman–Crippen MR) is 89.1 cm³/mol. The summed E-state index contributed by atoms with van der Waals surface area (Å²) in [5, 5.41) is 11.4. The van der Waals surface area contributed by atoms with Crippen molar-refractivity contribution in [2.75, 3.05) is 6.54 Å². The summed E-state index contributed by atoms with van der Waals surface area (Å²) in [4.78, 5) is 12.8. The summed E-state index contributed by atoms with van der Waals surface area (Å²) in [7, 11) is 0. The van der Waals surface area contributed by atoms with Crippen molar-refractivity contribution < 1.29 is 4.79 Å². The third-order valence-electron chi connectivity index (χ3n) is 7.29. The highest BCUT2D eigenvalue weighted by Gasteiger charge is 2.65. The number of nitrogens with two attached hydrogens (primary N) is 1. The molecule has 1 aromatic rings. The quantitative estimate of drug-likeness (QED) is 0.861. The van der Waals surface area contributed by atoms with Gasteiger partial charge in [0.25, 0.3) is 5.91 Å². The maximum Gasteiger partial charge on any atom is 0.273 e. The molecule has 1 heterocycles. The molecule has 3 N–H and O–H groups in total. The Morgan fingerprint density at radius 2 is 1.83 bits per heavy atom. The first-order valence-electron chi connectivity index (χ1n) is 9.54. The molecule has 0 aromatic carbocycles. The second-order valence-corrected chi connectivity index (χ2v) is 8.89. The zero-order valence-corrected chi connectivity index (χ0v) is 14.2. The number of amides is 1. The number of nitrogens with zero attached hydrogens (tertiary/aromatic N) is 3. The van der Waals surface area contributed by atoms with Gasteiger partial charge in [-0.25, -0.2) is 0 Å². The van der Waals surface area contributed by atoms with Crippen LogP contribution in [0.1, 0.15) is 61.9 Å². The molecule has 0 radical (unpaired) electrons. The lowest BCUT2D eigenvalue weighted by Gasteiger charge is -2.60. The van der Waals surface area contributed by atoms with Gasteiger partial charge in [0.05, 0.1) is 12.7 Å². The van der Waals surface area contributed by atoms with Crippen LogP contribution in [-0.2, 0) is 6.54 Å². The van der Waals surface area contributed by atoms with Crippen LogP contribution in [0, 0.1) is 23.2 Å². The number of carbonyl (C=O) groups is 1. The third-order valence-corrected chi connectivity index (χ3v) is 7.29. The van der Waals surface area contributed by atoms with Crippen molar-refractivity contribution in [1.29, 1.82) is 0 Å². The molecule has 130 valence electrons. The van der Waals surface area contributed by atoms with Crippen molar-refractivity contribution in [2.45, 2.75) is 63.5 Å². The molecule has 6 rings (SSSR count). The lowest BCUT2D eigenvalue weighted by Crippen LogP contribution is -2.58. The van der Waals surface area contributed by atoms with E-state index in [4.69, 9.17) is 5.73 Å². The fourth-order valence-electron chi connectivity index (χ4n) is 6.54. The summed E-state index contributed by atoms with van der Waals surface area (Å²) < 4.78 is 1.65. The molecule has 6 heteroatoms. The van der Waals surface area contributed by atoms with Crippen LogP contribution >= 0.6 is 0 Å². The molecular formula is C18H27N5O. The molecular weight excluding hydrogens is 302 g/mol. The fourth-order valence-corrected chi connectivity index (χ4v) is 6.54. The molecule has 0 saturated heterocycles. The van der Waals surface area contributed by atoms with Gasteiger partial charge in [0, 0.05) is 12.1 Å². The van der Waals surface area contributed by atoms with Crippen LogP contribution in [0.4, 0.5) is 0 Å². The molecule has 0 unspecified atom stereocenters. The van der Waals surface area contributed by atoms with Gasteiger partial charge in [0.15, 0.2) is 5.69 Å².